The third-order valence-electron chi connectivity index (χ3n) is 1.98. The van der Waals surface area contributed by atoms with Crippen molar-refractivity contribution in [2.75, 3.05) is 20.3 Å². The Labute approximate surface area is 84.8 Å². The Bertz CT molecular complexity index is 287. The Hall–Kier alpha value is -1.22. The van der Waals surface area contributed by atoms with Crippen molar-refractivity contribution >= 4 is 0 Å². The monoisotopic (exact) mass is 195 g/mol. The molecule has 2 N–H and O–H groups in total. The molecule has 0 saturated heterocycles. The third kappa shape index (κ3) is 2.92. The summed E-state index contributed by atoms with van der Waals surface area (Å²) in [5.74, 6) is 1.76. The van der Waals surface area contributed by atoms with Crippen LogP contribution in [0.25, 0.3) is 0 Å². The lowest BCUT2D eigenvalue weighted by Crippen LogP contribution is -2.06. The van der Waals surface area contributed by atoms with Gasteiger partial charge in [-0.1, -0.05) is 0 Å². The van der Waals surface area contributed by atoms with Gasteiger partial charge in [0.05, 0.1) is 13.7 Å². The standard InChI is InChI=1S/C11H17NO2/c1-9-8-10(14-7-3-6-12)4-5-11(9)13-2/h4-5,8H,3,6-7,12H2,1-2H3. The SMILES string of the molecule is COc1ccc(OCCCN)cc1C. The summed E-state index contributed by atoms with van der Waals surface area (Å²) in [6.45, 7) is 3.33. The summed E-state index contributed by atoms with van der Waals surface area (Å²) in [4.78, 5) is 0. The van der Waals surface area contributed by atoms with E-state index in [1.165, 1.54) is 0 Å². The summed E-state index contributed by atoms with van der Waals surface area (Å²) < 4.78 is 10.6. The Morgan fingerprint density at radius 2 is 2.14 bits per heavy atom. The van der Waals surface area contributed by atoms with Crippen molar-refractivity contribution in [2.45, 2.75) is 13.3 Å². The average Bonchev–Trinajstić information content (AvgIpc) is 2.18. The van der Waals surface area contributed by atoms with Gasteiger partial charge in [0, 0.05) is 0 Å². The highest BCUT2D eigenvalue weighted by molar-refractivity contribution is 5.39. The highest BCUT2D eigenvalue weighted by Gasteiger charge is 1.99. The number of methoxy groups -OCH3 is 1. The molecule has 0 aliphatic heterocycles. The summed E-state index contributed by atoms with van der Waals surface area (Å²) >= 11 is 0. The Kier molecular flexibility index (Phi) is 4.26. The van der Waals surface area contributed by atoms with Crippen LogP contribution in [0.15, 0.2) is 18.2 Å². The van der Waals surface area contributed by atoms with Gasteiger partial charge < -0.3 is 15.2 Å². The predicted molar refractivity (Wildman–Crippen MR) is 56.9 cm³/mol. The lowest BCUT2D eigenvalue weighted by atomic mass is 10.2. The zero-order valence-electron chi connectivity index (χ0n) is 8.75. The minimum atomic E-state index is 0.662. The van der Waals surface area contributed by atoms with Crippen molar-refractivity contribution < 1.29 is 9.47 Å². The van der Waals surface area contributed by atoms with Crippen molar-refractivity contribution in [1.29, 1.82) is 0 Å². The first-order valence-corrected chi connectivity index (χ1v) is 4.75. The van der Waals surface area contributed by atoms with Crippen LogP contribution in [0, 0.1) is 6.92 Å². The molecular formula is C11H17NO2. The summed E-state index contributed by atoms with van der Waals surface area (Å²) in [7, 11) is 1.66. The van der Waals surface area contributed by atoms with Gasteiger partial charge in [0.1, 0.15) is 11.5 Å². The van der Waals surface area contributed by atoms with Crippen molar-refractivity contribution in [1.82, 2.24) is 0 Å². The molecule has 14 heavy (non-hydrogen) atoms. The van der Waals surface area contributed by atoms with Gasteiger partial charge in [-0.25, -0.2) is 0 Å². The fourth-order valence-corrected chi connectivity index (χ4v) is 1.21. The van der Waals surface area contributed by atoms with Crippen LogP contribution in [-0.4, -0.2) is 20.3 Å². The third-order valence-corrected chi connectivity index (χ3v) is 1.98. The molecule has 0 aliphatic carbocycles. The molecule has 0 spiro atoms. The van der Waals surface area contributed by atoms with Crippen LogP contribution in [-0.2, 0) is 0 Å². The van der Waals surface area contributed by atoms with Crippen LogP contribution in [0.3, 0.4) is 0 Å². The summed E-state index contributed by atoms with van der Waals surface area (Å²) in [5, 5.41) is 0. The van der Waals surface area contributed by atoms with E-state index < -0.39 is 0 Å². The summed E-state index contributed by atoms with van der Waals surface area (Å²) in [6, 6.07) is 5.78. The zero-order chi connectivity index (χ0) is 10.4. The largest absolute Gasteiger partial charge is 0.496 e. The molecule has 0 bridgehead atoms. The van der Waals surface area contributed by atoms with Gasteiger partial charge in [0.25, 0.3) is 0 Å². The lowest BCUT2D eigenvalue weighted by Gasteiger charge is -2.08. The van der Waals surface area contributed by atoms with Crippen molar-refractivity contribution in [3.8, 4) is 11.5 Å². The highest BCUT2D eigenvalue weighted by atomic mass is 16.5. The van der Waals surface area contributed by atoms with Gasteiger partial charge in [-0.2, -0.15) is 0 Å². The molecular weight excluding hydrogens is 178 g/mol. The van der Waals surface area contributed by atoms with E-state index in [2.05, 4.69) is 0 Å². The van der Waals surface area contributed by atoms with E-state index in [9.17, 15) is 0 Å². The maximum atomic E-state index is 5.49. The zero-order valence-corrected chi connectivity index (χ0v) is 8.75. The number of nitrogens with two attached hydrogens (primary N) is 1. The molecule has 0 aromatic heterocycles. The van der Waals surface area contributed by atoms with Crippen LogP contribution in [0.5, 0.6) is 11.5 Å². The van der Waals surface area contributed by atoms with Gasteiger partial charge in [0.2, 0.25) is 0 Å². The number of hydrogen-bond acceptors (Lipinski definition) is 3. The molecule has 3 heteroatoms. The minimum absolute atomic E-state index is 0.662. The predicted octanol–water partition coefficient (Wildman–Crippen LogP) is 1.73. The fourth-order valence-electron chi connectivity index (χ4n) is 1.21. The first-order valence-electron chi connectivity index (χ1n) is 4.75. The van der Waals surface area contributed by atoms with E-state index in [0.717, 1.165) is 23.5 Å². The molecule has 78 valence electrons. The quantitative estimate of drug-likeness (QED) is 0.728. The number of rotatable bonds is 5. The molecule has 0 unspecified atom stereocenters. The van der Waals surface area contributed by atoms with Gasteiger partial charge in [0.15, 0.2) is 0 Å². The van der Waals surface area contributed by atoms with Crippen molar-refractivity contribution in [3.05, 3.63) is 23.8 Å². The van der Waals surface area contributed by atoms with Crippen molar-refractivity contribution in [2.24, 2.45) is 5.73 Å². The second-order valence-corrected chi connectivity index (χ2v) is 3.12. The molecule has 1 aromatic carbocycles. The Balaban J connectivity index is 2.57. The minimum Gasteiger partial charge on any atom is -0.496 e. The van der Waals surface area contributed by atoms with E-state index in [0.29, 0.717) is 13.2 Å². The van der Waals surface area contributed by atoms with E-state index in [4.69, 9.17) is 15.2 Å². The first-order chi connectivity index (χ1) is 6.77. The number of ether oxygens (including phenoxy) is 2. The average molecular weight is 195 g/mol. The van der Waals surface area contributed by atoms with Crippen LogP contribution in [0.4, 0.5) is 0 Å². The highest BCUT2D eigenvalue weighted by Crippen LogP contribution is 2.22. The van der Waals surface area contributed by atoms with Crippen LogP contribution in [0.2, 0.25) is 0 Å². The van der Waals surface area contributed by atoms with E-state index in [-0.39, 0.29) is 0 Å². The number of aryl methyl sites for hydroxylation is 1. The fraction of sp³-hybridized carbons (Fsp3) is 0.455. The molecule has 0 heterocycles. The maximum absolute atomic E-state index is 5.49. The van der Waals surface area contributed by atoms with Crippen molar-refractivity contribution in [3.63, 3.8) is 0 Å². The molecule has 3 nitrogen and oxygen atoms in total. The second kappa shape index (κ2) is 5.50. The molecule has 1 aromatic rings. The van der Waals surface area contributed by atoms with Crippen LogP contribution < -0.4 is 15.2 Å². The molecule has 0 aliphatic rings. The van der Waals surface area contributed by atoms with Gasteiger partial charge in [-0.05, 0) is 43.7 Å². The van der Waals surface area contributed by atoms with Gasteiger partial charge >= 0.3 is 0 Å². The van der Waals surface area contributed by atoms with Crippen LogP contribution in [0.1, 0.15) is 12.0 Å². The molecule has 0 saturated carbocycles. The molecule has 0 radical (unpaired) electrons. The smallest absolute Gasteiger partial charge is 0.122 e. The summed E-state index contributed by atoms with van der Waals surface area (Å²) in [6.07, 6.45) is 0.880. The molecule has 0 amide bonds. The number of hydrogen-bond donors (Lipinski definition) is 1. The molecule has 1 rings (SSSR count). The first kappa shape index (κ1) is 10.9. The maximum Gasteiger partial charge on any atom is 0.122 e. The van der Waals surface area contributed by atoms with E-state index in [1.54, 1.807) is 7.11 Å². The Morgan fingerprint density at radius 1 is 1.36 bits per heavy atom. The van der Waals surface area contributed by atoms with Gasteiger partial charge in [-0.3, -0.25) is 0 Å². The lowest BCUT2D eigenvalue weighted by molar-refractivity contribution is 0.312. The van der Waals surface area contributed by atoms with Gasteiger partial charge in [-0.15, -0.1) is 0 Å². The topological polar surface area (TPSA) is 44.5 Å². The molecule has 0 atom stereocenters. The number of benzene rings is 1. The second-order valence-electron chi connectivity index (χ2n) is 3.12. The Morgan fingerprint density at radius 3 is 2.71 bits per heavy atom. The van der Waals surface area contributed by atoms with Crippen LogP contribution >= 0.6 is 0 Å². The molecule has 0 fully saturated rings. The van der Waals surface area contributed by atoms with E-state index in [1.807, 2.05) is 25.1 Å². The van der Waals surface area contributed by atoms with E-state index >= 15 is 0 Å². The normalized spacial score (nSPS) is 9.93. The summed E-state index contributed by atoms with van der Waals surface area (Å²) in [5.41, 5.74) is 6.45.